The lowest BCUT2D eigenvalue weighted by atomic mass is 10.3. The van der Waals surface area contributed by atoms with Crippen LogP contribution in [-0.4, -0.2) is 23.6 Å². The van der Waals surface area contributed by atoms with Crippen LogP contribution in [0.15, 0.2) is 23.7 Å². The summed E-state index contributed by atoms with van der Waals surface area (Å²) in [7, 11) is 1.92. The van der Waals surface area contributed by atoms with Gasteiger partial charge in [-0.2, -0.15) is 0 Å². The Hall–Kier alpha value is -1.30. The Morgan fingerprint density at radius 1 is 1.32 bits per heavy atom. The van der Waals surface area contributed by atoms with Crippen molar-refractivity contribution in [3.63, 3.8) is 0 Å². The number of hydrogen-bond donors (Lipinski definition) is 1. The summed E-state index contributed by atoms with van der Waals surface area (Å²) in [5.74, 6) is 0. The normalized spacial score (nSPS) is 10.8. The van der Waals surface area contributed by atoms with Crippen LogP contribution in [0.5, 0.6) is 0 Å². The Morgan fingerprint density at radius 3 is 2.89 bits per heavy atom. The van der Waals surface area contributed by atoms with E-state index in [1.807, 2.05) is 37.7 Å². The average Bonchev–Trinajstić information content (AvgIpc) is 2.81. The lowest BCUT2D eigenvalue weighted by Gasteiger charge is -2.05. The molecule has 0 spiro atoms. The first-order valence-corrected chi connectivity index (χ1v) is 7.23. The second kappa shape index (κ2) is 7.33. The quantitative estimate of drug-likeness (QED) is 0.789. The number of aryl methyl sites for hydroxylation is 1. The molecule has 2 aromatic heterocycles. The van der Waals surface area contributed by atoms with Gasteiger partial charge >= 0.3 is 0 Å². The van der Waals surface area contributed by atoms with Crippen molar-refractivity contribution in [3.8, 4) is 0 Å². The van der Waals surface area contributed by atoms with Gasteiger partial charge in [0.2, 0.25) is 0 Å². The molecule has 1 N–H and O–H groups in total. The lowest BCUT2D eigenvalue weighted by molar-refractivity contribution is 0.121. The first kappa shape index (κ1) is 14.1. The van der Waals surface area contributed by atoms with Gasteiger partial charge in [0.25, 0.3) is 0 Å². The fraction of sp³-hybridized carbons (Fsp3) is 0.429. The van der Waals surface area contributed by atoms with E-state index in [-0.39, 0.29) is 0 Å². The van der Waals surface area contributed by atoms with Crippen molar-refractivity contribution in [2.24, 2.45) is 0 Å². The molecule has 0 unspecified atom stereocenters. The molecule has 0 aliphatic rings. The zero-order chi connectivity index (χ0) is 13.5. The summed E-state index contributed by atoms with van der Waals surface area (Å²) in [6.07, 6.45) is 0.923. The highest BCUT2D eigenvalue weighted by molar-refractivity contribution is 7.09. The van der Waals surface area contributed by atoms with Crippen LogP contribution in [0, 0.1) is 6.92 Å². The highest BCUT2D eigenvalue weighted by Crippen LogP contribution is 2.12. The summed E-state index contributed by atoms with van der Waals surface area (Å²) in [6.45, 7) is 4.10. The van der Waals surface area contributed by atoms with E-state index in [9.17, 15) is 0 Å². The van der Waals surface area contributed by atoms with Crippen molar-refractivity contribution >= 4 is 11.3 Å². The summed E-state index contributed by atoms with van der Waals surface area (Å²) in [5.41, 5.74) is 5.02. The van der Waals surface area contributed by atoms with Gasteiger partial charge in [0.1, 0.15) is 0 Å². The van der Waals surface area contributed by atoms with E-state index in [1.54, 1.807) is 11.3 Å². The van der Waals surface area contributed by atoms with E-state index in [1.165, 1.54) is 4.88 Å². The van der Waals surface area contributed by atoms with E-state index in [4.69, 9.17) is 4.74 Å². The van der Waals surface area contributed by atoms with Crippen LogP contribution in [-0.2, 0) is 24.3 Å². The maximum Gasteiger partial charge on any atom is 0.0888 e. The van der Waals surface area contributed by atoms with Crippen molar-refractivity contribution in [2.45, 2.75) is 26.5 Å². The van der Waals surface area contributed by atoms with Crippen molar-refractivity contribution in [2.75, 3.05) is 13.7 Å². The van der Waals surface area contributed by atoms with Crippen LogP contribution in [0.25, 0.3) is 0 Å². The zero-order valence-corrected chi connectivity index (χ0v) is 12.2. The predicted molar refractivity (Wildman–Crippen MR) is 77.2 cm³/mol. The molecule has 0 bridgehead atoms. The number of thiazole rings is 1. The highest BCUT2D eigenvalue weighted by atomic mass is 32.1. The number of nitrogens with zero attached hydrogens (tertiary/aromatic N) is 2. The van der Waals surface area contributed by atoms with Crippen molar-refractivity contribution in [1.29, 1.82) is 0 Å². The summed E-state index contributed by atoms with van der Waals surface area (Å²) < 4.78 is 5.68. The van der Waals surface area contributed by atoms with E-state index >= 15 is 0 Å². The molecule has 0 aromatic carbocycles. The first-order chi connectivity index (χ1) is 9.29. The van der Waals surface area contributed by atoms with Crippen molar-refractivity contribution < 1.29 is 4.74 Å². The van der Waals surface area contributed by atoms with Gasteiger partial charge in [-0.25, -0.2) is 4.98 Å². The minimum Gasteiger partial charge on any atom is -0.375 e. The maximum absolute atomic E-state index is 5.68. The number of aromatic nitrogens is 2. The van der Waals surface area contributed by atoms with Crippen LogP contribution in [0.1, 0.15) is 22.0 Å². The molecular weight excluding hydrogens is 258 g/mol. The molecular formula is C14H19N3OS. The van der Waals surface area contributed by atoms with Crippen LogP contribution in [0.2, 0.25) is 0 Å². The van der Waals surface area contributed by atoms with Crippen LogP contribution < -0.4 is 5.32 Å². The molecule has 5 heteroatoms. The molecule has 0 aliphatic carbocycles. The molecule has 0 radical (unpaired) electrons. The van der Waals surface area contributed by atoms with Gasteiger partial charge in [-0.1, -0.05) is 6.07 Å². The van der Waals surface area contributed by atoms with Gasteiger partial charge in [0.15, 0.2) is 0 Å². The molecule has 2 rings (SSSR count). The molecule has 4 nitrogen and oxygen atoms in total. The molecule has 102 valence electrons. The van der Waals surface area contributed by atoms with Gasteiger partial charge in [-0.3, -0.25) is 4.98 Å². The average molecular weight is 277 g/mol. The number of pyridine rings is 1. The fourth-order valence-electron chi connectivity index (χ4n) is 1.80. The first-order valence-electron chi connectivity index (χ1n) is 6.35. The van der Waals surface area contributed by atoms with Gasteiger partial charge in [-0.05, 0) is 26.1 Å². The molecule has 2 heterocycles. The fourth-order valence-corrected chi connectivity index (χ4v) is 2.56. The SMILES string of the molecule is CNCc1cccc(COCCc2scnc2C)n1. The minimum atomic E-state index is 0.565. The van der Waals surface area contributed by atoms with Gasteiger partial charge in [0, 0.05) is 17.8 Å². The highest BCUT2D eigenvalue weighted by Gasteiger charge is 2.02. The number of rotatable bonds is 7. The smallest absolute Gasteiger partial charge is 0.0888 e. The molecule has 19 heavy (non-hydrogen) atoms. The molecule has 0 saturated heterocycles. The number of nitrogens with one attached hydrogen (secondary N) is 1. The Labute approximate surface area is 117 Å². The van der Waals surface area contributed by atoms with E-state index in [0.29, 0.717) is 13.2 Å². The summed E-state index contributed by atoms with van der Waals surface area (Å²) in [4.78, 5) is 10.0. The maximum atomic E-state index is 5.68. The minimum absolute atomic E-state index is 0.565. The van der Waals surface area contributed by atoms with E-state index < -0.39 is 0 Å². The van der Waals surface area contributed by atoms with Gasteiger partial charge < -0.3 is 10.1 Å². The number of hydrogen-bond acceptors (Lipinski definition) is 5. The summed E-state index contributed by atoms with van der Waals surface area (Å²) >= 11 is 1.69. The third kappa shape index (κ3) is 4.38. The van der Waals surface area contributed by atoms with Crippen LogP contribution in [0.4, 0.5) is 0 Å². The topological polar surface area (TPSA) is 47.0 Å². The largest absolute Gasteiger partial charge is 0.375 e. The molecule has 0 aliphatic heterocycles. The monoisotopic (exact) mass is 277 g/mol. The summed E-state index contributed by atoms with van der Waals surface area (Å²) in [6, 6.07) is 6.03. The van der Waals surface area contributed by atoms with Crippen molar-refractivity contribution in [3.05, 3.63) is 45.7 Å². The standard InChI is InChI=1S/C14H19N3OS/c1-11-14(19-10-16-11)6-7-18-9-13-5-3-4-12(17-13)8-15-2/h3-5,10,15H,6-9H2,1-2H3. The van der Waals surface area contributed by atoms with Gasteiger partial charge in [0.05, 0.1) is 35.8 Å². The Morgan fingerprint density at radius 2 is 2.16 bits per heavy atom. The molecule has 0 atom stereocenters. The molecule has 2 aromatic rings. The Balaban J connectivity index is 1.76. The van der Waals surface area contributed by atoms with Gasteiger partial charge in [-0.15, -0.1) is 11.3 Å². The van der Waals surface area contributed by atoms with E-state index in [2.05, 4.69) is 15.3 Å². The second-order valence-corrected chi connectivity index (χ2v) is 5.25. The molecule has 0 saturated carbocycles. The summed E-state index contributed by atoms with van der Waals surface area (Å²) in [5, 5.41) is 3.09. The third-order valence-corrected chi connectivity index (χ3v) is 3.79. The predicted octanol–water partition coefficient (Wildman–Crippen LogP) is 2.33. The lowest BCUT2D eigenvalue weighted by Crippen LogP contribution is -2.08. The Bertz CT molecular complexity index is 513. The Kier molecular flexibility index (Phi) is 5.44. The van der Waals surface area contributed by atoms with Crippen molar-refractivity contribution in [1.82, 2.24) is 15.3 Å². The van der Waals surface area contributed by atoms with Crippen LogP contribution >= 0.6 is 11.3 Å². The zero-order valence-electron chi connectivity index (χ0n) is 11.3. The van der Waals surface area contributed by atoms with E-state index in [0.717, 1.165) is 30.0 Å². The molecule has 0 amide bonds. The third-order valence-electron chi connectivity index (χ3n) is 2.79. The molecule has 0 fully saturated rings. The second-order valence-electron chi connectivity index (χ2n) is 4.31. The van der Waals surface area contributed by atoms with Crippen LogP contribution in [0.3, 0.4) is 0 Å². The number of ether oxygens (including phenoxy) is 1.